The second-order valence-electron chi connectivity index (χ2n) is 5.19. The van der Waals surface area contributed by atoms with Gasteiger partial charge >= 0.3 is 11.8 Å². The maximum absolute atomic E-state index is 13.3. The van der Waals surface area contributed by atoms with Crippen molar-refractivity contribution in [1.29, 1.82) is 0 Å². The fraction of sp³-hybridized carbons (Fsp3) is 0.429. The molecule has 5 nitrogen and oxygen atoms in total. The standard InChI is InChI=1S/C14H17F3N2O3/c1-7(2)3-8(20)6-18-13(21)14(22)19-12-5-10(16)9(15)4-11(12)17/h4-5,7-8,20H,3,6H2,1-2H3,(H,18,21)(H,19,22). The molecule has 0 aliphatic carbocycles. The normalized spacial score (nSPS) is 12.1. The summed E-state index contributed by atoms with van der Waals surface area (Å²) in [6.45, 7) is 3.61. The molecule has 0 aliphatic heterocycles. The number of amides is 2. The van der Waals surface area contributed by atoms with E-state index in [-0.39, 0.29) is 18.5 Å². The van der Waals surface area contributed by atoms with Crippen LogP contribution in [0.25, 0.3) is 0 Å². The number of halogens is 3. The molecule has 122 valence electrons. The van der Waals surface area contributed by atoms with Crippen molar-refractivity contribution in [3.05, 3.63) is 29.6 Å². The highest BCUT2D eigenvalue weighted by Gasteiger charge is 2.18. The number of aliphatic hydroxyl groups excluding tert-OH is 1. The van der Waals surface area contributed by atoms with Crippen LogP contribution in [0.4, 0.5) is 18.9 Å². The summed E-state index contributed by atoms with van der Waals surface area (Å²) in [5.74, 6) is -6.13. The summed E-state index contributed by atoms with van der Waals surface area (Å²) in [4.78, 5) is 23.0. The highest BCUT2D eigenvalue weighted by atomic mass is 19.2. The molecule has 0 saturated carbocycles. The molecular formula is C14H17F3N2O3. The van der Waals surface area contributed by atoms with Gasteiger partial charge in [-0.15, -0.1) is 0 Å². The highest BCUT2D eigenvalue weighted by molar-refractivity contribution is 6.39. The molecule has 8 heteroatoms. The van der Waals surface area contributed by atoms with Gasteiger partial charge in [0, 0.05) is 18.7 Å². The van der Waals surface area contributed by atoms with Crippen LogP contribution in [0.3, 0.4) is 0 Å². The van der Waals surface area contributed by atoms with Crippen molar-refractivity contribution < 1.29 is 27.9 Å². The van der Waals surface area contributed by atoms with Gasteiger partial charge in [0.1, 0.15) is 5.82 Å². The minimum absolute atomic E-state index is 0.148. The predicted octanol–water partition coefficient (Wildman–Crippen LogP) is 1.57. The molecule has 0 heterocycles. The van der Waals surface area contributed by atoms with E-state index in [9.17, 15) is 27.9 Å². The molecule has 0 saturated heterocycles. The third-order valence-electron chi connectivity index (χ3n) is 2.71. The van der Waals surface area contributed by atoms with Crippen molar-refractivity contribution in [2.75, 3.05) is 11.9 Å². The molecule has 1 unspecified atom stereocenters. The lowest BCUT2D eigenvalue weighted by Gasteiger charge is -2.13. The first kappa shape index (κ1) is 18.0. The monoisotopic (exact) mass is 318 g/mol. The van der Waals surface area contributed by atoms with Crippen LogP contribution >= 0.6 is 0 Å². The second-order valence-corrected chi connectivity index (χ2v) is 5.19. The molecule has 1 atom stereocenters. The van der Waals surface area contributed by atoms with E-state index in [2.05, 4.69) is 5.32 Å². The molecule has 1 aromatic rings. The Labute approximate surface area is 125 Å². The molecular weight excluding hydrogens is 301 g/mol. The van der Waals surface area contributed by atoms with Gasteiger partial charge in [-0.1, -0.05) is 13.8 Å². The number of anilines is 1. The lowest BCUT2D eigenvalue weighted by molar-refractivity contribution is -0.136. The Bertz CT molecular complexity index is 565. The van der Waals surface area contributed by atoms with Crippen LogP contribution in [-0.4, -0.2) is 29.6 Å². The average molecular weight is 318 g/mol. The summed E-state index contributed by atoms with van der Waals surface area (Å²) in [6.07, 6.45) is -0.392. The molecule has 1 rings (SSSR count). The number of rotatable bonds is 5. The van der Waals surface area contributed by atoms with Gasteiger partial charge in [0.2, 0.25) is 0 Å². The molecule has 0 aromatic heterocycles. The number of carbonyl (C=O) groups excluding carboxylic acids is 2. The van der Waals surface area contributed by atoms with Gasteiger partial charge in [-0.05, 0) is 12.3 Å². The third kappa shape index (κ3) is 5.36. The second kappa shape index (κ2) is 7.79. The minimum Gasteiger partial charge on any atom is -0.391 e. The number of nitrogens with one attached hydrogen (secondary N) is 2. The van der Waals surface area contributed by atoms with Gasteiger partial charge in [-0.25, -0.2) is 13.2 Å². The van der Waals surface area contributed by atoms with Crippen LogP contribution in [0.5, 0.6) is 0 Å². The van der Waals surface area contributed by atoms with Gasteiger partial charge in [0.15, 0.2) is 11.6 Å². The lowest BCUT2D eigenvalue weighted by Crippen LogP contribution is -2.40. The first-order valence-electron chi connectivity index (χ1n) is 6.62. The van der Waals surface area contributed by atoms with Gasteiger partial charge in [-0.2, -0.15) is 0 Å². The summed E-state index contributed by atoms with van der Waals surface area (Å²) in [5.41, 5.74) is -0.651. The number of carbonyl (C=O) groups is 2. The Morgan fingerprint density at radius 2 is 1.68 bits per heavy atom. The molecule has 2 amide bonds. The molecule has 3 N–H and O–H groups in total. The van der Waals surface area contributed by atoms with Gasteiger partial charge in [0.25, 0.3) is 0 Å². The van der Waals surface area contributed by atoms with Crippen LogP contribution in [0, 0.1) is 23.4 Å². The van der Waals surface area contributed by atoms with Crippen molar-refractivity contribution in [1.82, 2.24) is 5.32 Å². The van der Waals surface area contributed by atoms with E-state index >= 15 is 0 Å². The number of hydrogen-bond acceptors (Lipinski definition) is 3. The summed E-state index contributed by atoms with van der Waals surface area (Å²) in [6, 6.07) is 0.693. The topological polar surface area (TPSA) is 78.4 Å². The SMILES string of the molecule is CC(C)CC(O)CNC(=O)C(=O)Nc1cc(F)c(F)cc1F. The van der Waals surface area contributed by atoms with E-state index in [0.717, 1.165) is 0 Å². The molecule has 0 fully saturated rings. The van der Waals surface area contributed by atoms with Crippen molar-refractivity contribution in [2.45, 2.75) is 26.4 Å². The summed E-state index contributed by atoms with van der Waals surface area (Å²) >= 11 is 0. The fourth-order valence-corrected chi connectivity index (χ4v) is 1.72. The molecule has 0 aliphatic rings. The molecule has 0 spiro atoms. The largest absolute Gasteiger partial charge is 0.391 e. The van der Waals surface area contributed by atoms with Crippen molar-refractivity contribution in [3.63, 3.8) is 0 Å². The van der Waals surface area contributed by atoms with Crippen molar-refractivity contribution in [3.8, 4) is 0 Å². The van der Waals surface area contributed by atoms with Gasteiger partial charge < -0.3 is 15.7 Å². The maximum atomic E-state index is 13.3. The first-order chi connectivity index (χ1) is 10.2. The van der Waals surface area contributed by atoms with E-state index in [0.29, 0.717) is 12.5 Å². The van der Waals surface area contributed by atoms with Crippen LogP contribution in [0.15, 0.2) is 12.1 Å². The number of aliphatic hydroxyl groups is 1. The van der Waals surface area contributed by atoms with Crippen LogP contribution in [-0.2, 0) is 9.59 Å². The lowest BCUT2D eigenvalue weighted by atomic mass is 10.1. The minimum atomic E-state index is -1.41. The quantitative estimate of drug-likeness (QED) is 0.569. The summed E-state index contributed by atoms with van der Waals surface area (Å²) in [5, 5.41) is 13.5. The molecule has 0 radical (unpaired) electrons. The Balaban J connectivity index is 2.58. The third-order valence-corrected chi connectivity index (χ3v) is 2.71. The smallest absolute Gasteiger partial charge is 0.313 e. The van der Waals surface area contributed by atoms with E-state index in [1.807, 2.05) is 19.2 Å². The average Bonchev–Trinajstić information content (AvgIpc) is 2.41. The van der Waals surface area contributed by atoms with Crippen LogP contribution in [0.1, 0.15) is 20.3 Å². The van der Waals surface area contributed by atoms with Crippen molar-refractivity contribution >= 4 is 17.5 Å². The Morgan fingerprint density at radius 1 is 1.09 bits per heavy atom. The van der Waals surface area contributed by atoms with E-state index in [1.54, 1.807) is 0 Å². The summed E-state index contributed by atoms with van der Waals surface area (Å²) in [7, 11) is 0. The molecule has 22 heavy (non-hydrogen) atoms. The first-order valence-corrected chi connectivity index (χ1v) is 6.62. The summed E-state index contributed by atoms with van der Waals surface area (Å²) < 4.78 is 39.0. The Kier molecular flexibility index (Phi) is 6.36. The van der Waals surface area contributed by atoms with Gasteiger partial charge in [-0.3, -0.25) is 9.59 Å². The predicted molar refractivity (Wildman–Crippen MR) is 73.4 cm³/mol. The molecule has 0 bridgehead atoms. The zero-order valence-corrected chi connectivity index (χ0v) is 12.1. The van der Waals surface area contributed by atoms with E-state index in [4.69, 9.17) is 0 Å². The van der Waals surface area contributed by atoms with Crippen LogP contribution < -0.4 is 10.6 Å². The Hall–Kier alpha value is -2.09. The van der Waals surface area contributed by atoms with Crippen molar-refractivity contribution in [2.24, 2.45) is 5.92 Å². The maximum Gasteiger partial charge on any atom is 0.313 e. The number of hydrogen-bond donors (Lipinski definition) is 3. The molecule has 1 aromatic carbocycles. The zero-order chi connectivity index (χ0) is 16.9. The zero-order valence-electron chi connectivity index (χ0n) is 12.1. The van der Waals surface area contributed by atoms with E-state index in [1.165, 1.54) is 0 Å². The van der Waals surface area contributed by atoms with Crippen LogP contribution in [0.2, 0.25) is 0 Å². The Morgan fingerprint density at radius 3 is 2.27 bits per heavy atom. The van der Waals surface area contributed by atoms with E-state index < -0.39 is 41.1 Å². The fourth-order valence-electron chi connectivity index (χ4n) is 1.72. The van der Waals surface area contributed by atoms with Gasteiger partial charge in [0.05, 0.1) is 11.8 Å². The number of benzene rings is 1. The highest BCUT2D eigenvalue weighted by Crippen LogP contribution is 2.18.